The molecule has 0 spiro atoms. The zero-order chi connectivity index (χ0) is 78.2. The molecule has 22 rings (SSSR count). The van der Waals surface area contributed by atoms with Crippen LogP contribution in [-0.4, -0.2) is 49.8 Å². The van der Waals surface area contributed by atoms with Crippen LogP contribution in [0, 0.1) is 0 Å². The quantitative estimate of drug-likeness (QED) is 0.104. The first-order valence-corrected chi connectivity index (χ1v) is 40.8. The zero-order valence-electron chi connectivity index (χ0n) is 63.4. The third kappa shape index (κ3) is 13.9. The van der Waals surface area contributed by atoms with Gasteiger partial charge in [-0.15, -0.1) is 22.7 Å². The molecule has 0 fully saturated rings. The number of hydrogen-bond donors (Lipinski definition) is 0. The summed E-state index contributed by atoms with van der Waals surface area (Å²) in [4.78, 5) is 49.6. The van der Waals surface area contributed by atoms with Crippen LogP contribution in [-0.2, 0) is 0 Å². The second-order valence-corrected chi connectivity index (χ2v) is 31.1. The number of thiophene rings is 2. The highest BCUT2D eigenvalue weighted by atomic mass is 32.1. The smallest absolute Gasteiger partial charge is 0.164 e. The third-order valence-electron chi connectivity index (χ3n) is 21.6. The van der Waals surface area contributed by atoms with Gasteiger partial charge in [0.25, 0.3) is 0 Å². The van der Waals surface area contributed by atoms with Crippen molar-refractivity contribution in [1.29, 1.82) is 0 Å². The Bertz CT molecular complexity index is 7060. The number of aromatic nitrogens is 10. The number of pyridine rings is 4. The minimum Gasteiger partial charge on any atom is -0.264 e. The molecule has 8 aromatic heterocycles. The second kappa shape index (κ2) is 30.9. The van der Waals surface area contributed by atoms with E-state index in [0.29, 0.717) is 34.9 Å². The lowest BCUT2D eigenvalue weighted by Crippen LogP contribution is -2.00. The molecule has 0 saturated heterocycles. The number of rotatable bonds is 14. The van der Waals surface area contributed by atoms with E-state index in [1.165, 1.54) is 46.8 Å². The Morgan fingerprint density at radius 3 is 0.907 bits per heavy atom. The Kier molecular flexibility index (Phi) is 18.4. The fourth-order valence-electron chi connectivity index (χ4n) is 15.7. The van der Waals surface area contributed by atoms with Gasteiger partial charge in [0.2, 0.25) is 0 Å². The predicted octanol–water partition coefficient (Wildman–Crippen LogP) is 27.7. The van der Waals surface area contributed by atoms with Gasteiger partial charge in [0.15, 0.2) is 34.9 Å². The van der Waals surface area contributed by atoms with Gasteiger partial charge in [0.05, 0.1) is 37.3 Å². The van der Waals surface area contributed by atoms with Gasteiger partial charge in [0.1, 0.15) is 0 Å². The summed E-state index contributed by atoms with van der Waals surface area (Å²) >= 11 is 3.58. The molecule has 10 nitrogen and oxygen atoms in total. The lowest BCUT2D eigenvalue weighted by atomic mass is 9.97. The molecule has 0 atom stereocenters. The van der Waals surface area contributed by atoms with Crippen LogP contribution >= 0.6 is 22.7 Å². The van der Waals surface area contributed by atoms with Crippen molar-refractivity contribution in [3.05, 3.63) is 401 Å². The van der Waals surface area contributed by atoms with Gasteiger partial charge in [-0.25, -0.2) is 39.9 Å². The minimum absolute atomic E-state index is 0.627. The Morgan fingerprint density at radius 1 is 0.186 bits per heavy atom. The Hall–Kier alpha value is -15.3. The van der Waals surface area contributed by atoms with Gasteiger partial charge in [-0.1, -0.05) is 328 Å². The highest BCUT2D eigenvalue weighted by molar-refractivity contribution is 7.27. The first-order valence-electron chi connectivity index (χ1n) is 39.1. The van der Waals surface area contributed by atoms with Gasteiger partial charge < -0.3 is 0 Å². The van der Waals surface area contributed by atoms with Crippen molar-refractivity contribution in [1.82, 2.24) is 49.8 Å². The minimum atomic E-state index is 0.627. The molecule has 0 radical (unpaired) electrons. The van der Waals surface area contributed by atoms with Crippen LogP contribution in [0.15, 0.2) is 401 Å². The maximum Gasteiger partial charge on any atom is 0.164 e. The molecule has 552 valence electrons. The van der Waals surface area contributed by atoms with E-state index in [9.17, 15) is 0 Å². The molecule has 0 amide bonds. The third-order valence-corrected chi connectivity index (χ3v) is 24.0. The summed E-state index contributed by atoms with van der Waals surface area (Å²) in [5, 5.41) is 5.94. The normalized spacial score (nSPS) is 11.4. The molecule has 0 N–H and O–H groups in total. The lowest BCUT2D eigenvalue weighted by Gasteiger charge is -2.11. The molecule has 8 heterocycles. The summed E-state index contributed by atoms with van der Waals surface area (Å²) in [6.07, 6.45) is 5.62. The molecule has 0 aliphatic heterocycles. The highest BCUT2D eigenvalue weighted by Crippen LogP contribution is 2.46. The van der Waals surface area contributed by atoms with E-state index < -0.39 is 0 Å². The van der Waals surface area contributed by atoms with Crippen LogP contribution in [0.5, 0.6) is 0 Å². The molecular weight excluding hydrogens is 1480 g/mol. The summed E-state index contributed by atoms with van der Waals surface area (Å²) < 4.78 is 4.83. The molecule has 118 heavy (non-hydrogen) atoms. The Balaban J connectivity index is 0.000000147. The van der Waals surface area contributed by atoms with Crippen molar-refractivity contribution in [3.8, 4) is 158 Å². The van der Waals surface area contributed by atoms with Crippen LogP contribution < -0.4 is 0 Å². The highest BCUT2D eigenvalue weighted by Gasteiger charge is 2.22. The van der Waals surface area contributed by atoms with E-state index in [-0.39, 0.29) is 0 Å². The zero-order valence-corrected chi connectivity index (χ0v) is 65.0. The average molecular weight is 1540 g/mol. The summed E-state index contributed by atoms with van der Waals surface area (Å²) in [6, 6.07) is 133. The van der Waals surface area contributed by atoms with Gasteiger partial charge in [-0.2, -0.15) is 0 Å². The summed E-state index contributed by atoms with van der Waals surface area (Å²) in [5.74, 6) is 3.80. The number of benzene rings is 14. The SMILES string of the molecule is c1ccc(-c2ccc(-c3nc(-c4ccccc4)nc(-c4cccc(-c5ccc(-c6cccc(-c7nc8cccnc8c8c7sc7ccccc78)c6)cc5)c4)n3)cc2)cc1.c1ccc(-c2ccc(-c3nc(-c4ccccc4)nc(-c4cccc(-c5ccc(-c6cccc(-c7nc8ccncc8c8c7sc7ccccc78)c6)cc5)c4)n3)cc2)cc1. The Morgan fingerprint density at radius 2 is 0.483 bits per heavy atom. The molecular formula is C106H66N10S2. The average Bonchev–Trinajstić information content (AvgIpc) is 1.58. The van der Waals surface area contributed by atoms with E-state index >= 15 is 0 Å². The van der Waals surface area contributed by atoms with Crippen molar-refractivity contribution < 1.29 is 0 Å². The Labute approximate surface area is 688 Å². The molecule has 14 aromatic carbocycles. The predicted molar refractivity (Wildman–Crippen MR) is 488 cm³/mol. The van der Waals surface area contributed by atoms with E-state index in [0.717, 1.165) is 138 Å². The molecule has 0 aliphatic carbocycles. The van der Waals surface area contributed by atoms with E-state index in [1.807, 2.05) is 104 Å². The molecule has 0 aliphatic rings. The standard InChI is InChI=1S/2C53H33N5S/c1-3-12-34(13-4-1)35-27-29-39(30-28-35)52-56-51(38-14-5-2-6-15-38)57-53(58-52)43-19-10-17-41(33-43)37-25-23-36(24-26-37)40-16-9-18-42(32-40)48-50-47(44-20-7-8-22-46(44)59-50)49-45(55-48)21-11-31-54-49;1-3-11-34(12-4-1)35-25-27-39(28-26-35)52-56-51(38-13-5-2-6-14-38)57-53(58-52)43-18-10-16-41(32-43)37-23-21-36(22-24-37)40-15-9-17-42(31-40)49-50-48(44-19-7-8-20-47(44)59-50)45-33-54-30-29-46(45)55-49/h2*1-33H. The first kappa shape index (κ1) is 70.5. The summed E-state index contributed by atoms with van der Waals surface area (Å²) in [6.45, 7) is 0. The molecule has 0 bridgehead atoms. The van der Waals surface area contributed by atoms with Crippen molar-refractivity contribution in [2.45, 2.75) is 0 Å². The van der Waals surface area contributed by atoms with Gasteiger partial charge in [0, 0.05) is 99.4 Å². The summed E-state index contributed by atoms with van der Waals surface area (Å²) in [7, 11) is 0. The van der Waals surface area contributed by atoms with Crippen molar-refractivity contribution >= 4 is 85.0 Å². The first-order chi connectivity index (χ1) is 58.4. The fourth-order valence-corrected chi connectivity index (χ4v) is 18.1. The number of nitrogens with zero attached hydrogens (tertiary/aromatic N) is 10. The van der Waals surface area contributed by atoms with Gasteiger partial charge in [-0.05, 0) is 121 Å². The van der Waals surface area contributed by atoms with E-state index in [4.69, 9.17) is 44.9 Å². The molecule has 0 unspecified atom stereocenters. The van der Waals surface area contributed by atoms with Crippen LogP contribution in [0.4, 0.5) is 0 Å². The van der Waals surface area contributed by atoms with Crippen LogP contribution in [0.25, 0.3) is 220 Å². The topological polar surface area (TPSA) is 129 Å². The van der Waals surface area contributed by atoms with Crippen molar-refractivity contribution in [3.63, 3.8) is 0 Å². The van der Waals surface area contributed by atoms with Crippen LogP contribution in [0.3, 0.4) is 0 Å². The van der Waals surface area contributed by atoms with Gasteiger partial charge >= 0.3 is 0 Å². The van der Waals surface area contributed by atoms with Crippen molar-refractivity contribution in [2.75, 3.05) is 0 Å². The lowest BCUT2D eigenvalue weighted by molar-refractivity contribution is 1.07. The molecule has 12 heteroatoms. The van der Waals surface area contributed by atoms with Crippen LogP contribution in [0.2, 0.25) is 0 Å². The van der Waals surface area contributed by atoms with Crippen molar-refractivity contribution in [2.24, 2.45) is 0 Å². The maximum atomic E-state index is 5.21. The van der Waals surface area contributed by atoms with Crippen LogP contribution in [0.1, 0.15) is 0 Å². The largest absolute Gasteiger partial charge is 0.264 e. The van der Waals surface area contributed by atoms with E-state index in [1.54, 1.807) is 22.7 Å². The maximum absolute atomic E-state index is 5.21. The number of fused-ring (bicyclic) bond motifs is 10. The monoisotopic (exact) mass is 1540 g/mol. The van der Waals surface area contributed by atoms with E-state index in [2.05, 4.69) is 302 Å². The molecule has 22 aromatic rings. The number of hydrogen-bond acceptors (Lipinski definition) is 12. The molecule has 0 saturated carbocycles. The summed E-state index contributed by atoms with van der Waals surface area (Å²) in [5.41, 5.74) is 26.1. The fraction of sp³-hybridized carbons (Fsp3) is 0. The second-order valence-electron chi connectivity index (χ2n) is 29.0. The van der Waals surface area contributed by atoms with Gasteiger partial charge in [-0.3, -0.25) is 9.97 Å².